The number of amides is 1. The Morgan fingerprint density at radius 1 is 1.79 bits per heavy atom. The van der Waals surface area contributed by atoms with Crippen LogP contribution in [0.2, 0.25) is 0 Å². The zero-order chi connectivity index (χ0) is 9.97. The van der Waals surface area contributed by atoms with E-state index in [0.29, 0.717) is 13.3 Å². The molecular weight excluding hydrogens is 200 g/mol. The lowest BCUT2D eigenvalue weighted by molar-refractivity contribution is 0.127. The molecule has 0 radical (unpaired) electrons. The molecule has 2 rings (SSSR count). The molecule has 5 heteroatoms. The number of ether oxygens (including phenoxy) is 1. The second kappa shape index (κ2) is 3.79. The summed E-state index contributed by atoms with van der Waals surface area (Å²) in [6.07, 6.45) is 1.43. The molecule has 1 aromatic rings. The second-order valence-electron chi connectivity index (χ2n) is 2.78. The van der Waals surface area contributed by atoms with E-state index in [-0.39, 0.29) is 6.09 Å². The molecular formula is C9H10N2O2S. The van der Waals surface area contributed by atoms with E-state index in [0.717, 1.165) is 9.89 Å². The van der Waals surface area contributed by atoms with Gasteiger partial charge in [0.15, 0.2) is 0 Å². The van der Waals surface area contributed by atoms with Crippen LogP contribution in [0, 0.1) is 0 Å². The van der Waals surface area contributed by atoms with Gasteiger partial charge in [0.2, 0.25) is 0 Å². The van der Waals surface area contributed by atoms with Crippen molar-refractivity contribution in [3.05, 3.63) is 21.3 Å². The zero-order valence-corrected chi connectivity index (χ0v) is 8.58. The average molecular weight is 210 g/mol. The van der Waals surface area contributed by atoms with Gasteiger partial charge in [-0.05, 0) is 18.4 Å². The minimum absolute atomic E-state index is 0.340. The Labute approximate surface area is 85.1 Å². The van der Waals surface area contributed by atoms with Crippen molar-refractivity contribution in [3.8, 4) is 0 Å². The van der Waals surface area contributed by atoms with Crippen molar-refractivity contribution in [1.82, 2.24) is 4.90 Å². The predicted octanol–water partition coefficient (Wildman–Crippen LogP) is 0.535. The molecule has 1 aromatic heterocycles. The van der Waals surface area contributed by atoms with Gasteiger partial charge in [-0.1, -0.05) is 0 Å². The maximum Gasteiger partial charge on any atom is 0.415 e. The molecule has 0 saturated carbocycles. The van der Waals surface area contributed by atoms with E-state index in [9.17, 15) is 4.79 Å². The van der Waals surface area contributed by atoms with Crippen LogP contribution >= 0.6 is 11.3 Å². The van der Waals surface area contributed by atoms with Crippen LogP contribution in [-0.4, -0.2) is 24.3 Å². The third-order valence-electron chi connectivity index (χ3n) is 1.84. The summed E-state index contributed by atoms with van der Waals surface area (Å²) in [7, 11) is 0. The molecule has 1 aliphatic rings. The summed E-state index contributed by atoms with van der Waals surface area (Å²) in [5.74, 6) is 0. The van der Waals surface area contributed by atoms with Crippen LogP contribution in [0.25, 0.3) is 6.20 Å². The van der Waals surface area contributed by atoms with Crippen molar-refractivity contribution in [2.45, 2.75) is 6.92 Å². The minimum Gasteiger partial charge on any atom is -0.449 e. The molecule has 4 nitrogen and oxygen atoms in total. The van der Waals surface area contributed by atoms with Gasteiger partial charge >= 0.3 is 6.09 Å². The Hall–Kier alpha value is -1.36. The predicted molar refractivity (Wildman–Crippen MR) is 53.3 cm³/mol. The normalized spacial score (nSPS) is 13.9. The smallest absolute Gasteiger partial charge is 0.415 e. The Morgan fingerprint density at radius 2 is 2.64 bits per heavy atom. The number of thiophene rings is 1. The summed E-state index contributed by atoms with van der Waals surface area (Å²) >= 11 is 1.58. The molecule has 0 aliphatic carbocycles. The molecule has 0 spiro atoms. The zero-order valence-electron chi connectivity index (χ0n) is 7.77. The van der Waals surface area contributed by atoms with Crippen LogP contribution in [0.5, 0.6) is 0 Å². The highest BCUT2D eigenvalue weighted by Crippen LogP contribution is 1.98. The van der Waals surface area contributed by atoms with Crippen molar-refractivity contribution < 1.29 is 9.53 Å². The lowest BCUT2D eigenvalue weighted by atomic mass is 10.4. The summed E-state index contributed by atoms with van der Waals surface area (Å²) in [4.78, 5) is 17.1. The Bertz CT molecular complexity index is 452. The number of carbonyl (C=O) groups excluding carboxylic acids is 1. The van der Waals surface area contributed by atoms with Gasteiger partial charge in [-0.15, -0.1) is 11.3 Å². The second-order valence-corrected chi connectivity index (χ2v) is 3.67. The fourth-order valence-electron chi connectivity index (χ4n) is 1.20. The minimum atomic E-state index is -0.340. The SMILES string of the molecule is CCOC(=O)N1C=c2ccsc2=NC1. The maximum absolute atomic E-state index is 11.3. The molecule has 0 fully saturated rings. The van der Waals surface area contributed by atoms with Crippen molar-refractivity contribution in [3.63, 3.8) is 0 Å². The summed E-state index contributed by atoms with van der Waals surface area (Å²) in [6, 6.07) is 1.94. The maximum atomic E-state index is 11.3. The van der Waals surface area contributed by atoms with E-state index in [2.05, 4.69) is 4.99 Å². The molecule has 0 bridgehead atoms. The van der Waals surface area contributed by atoms with Crippen LogP contribution in [0.15, 0.2) is 16.4 Å². The highest BCUT2D eigenvalue weighted by molar-refractivity contribution is 7.07. The monoisotopic (exact) mass is 210 g/mol. The Morgan fingerprint density at radius 3 is 3.43 bits per heavy atom. The third kappa shape index (κ3) is 1.63. The summed E-state index contributed by atoms with van der Waals surface area (Å²) < 4.78 is 5.85. The van der Waals surface area contributed by atoms with Crippen molar-refractivity contribution in [1.29, 1.82) is 0 Å². The first kappa shape index (κ1) is 9.21. The molecule has 14 heavy (non-hydrogen) atoms. The quantitative estimate of drug-likeness (QED) is 0.678. The number of hydrogen-bond donors (Lipinski definition) is 0. The fraction of sp³-hybridized carbons (Fsp3) is 0.333. The van der Waals surface area contributed by atoms with Crippen LogP contribution in [0.4, 0.5) is 4.79 Å². The average Bonchev–Trinajstić information content (AvgIpc) is 2.64. The first-order chi connectivity index (χ1) is 6.81. The number of nitrogens with zero attached hydrogens (tertiary/aromatic N) is 2. The number of hydrogen-bond acceptors (Lipinski definition) is 4. The van der Waals surface area contributed by atoms with Gasteiger partial charge in [-0.25, -0.2) is 4.79 Å². The van der Waals surface area contributed by atoms with E-state index in [4.69, 9.17) is 4.74 Å². The molecule has 0 unspecified atom stereocenters. The van der Waals surface area contributed by atoms with Gasteiger partial charge in [0, 0.05) is 11.4 Å². The molecule has 0 aromatic carbocycles. The Kier molecular flexibility index (Phi) is 2.49. The molecule has 74 valence electrons. The number of fused-ring (bicyclic) bond motifs is 1. The lowest BCUT2D eigenvalue weighted by Gasteiger charge is -2.16. The highest BCUT2D eigenvalue weighted by Gasteiger charge is 2.13. The summed E-state index contributed by atoms with van der Waals surface area (Å²) in [5, 5.41) is 2.94. The molecule has 1 aliphatic heterocycles. The van der Waals surface area contributed by atoms with Gasteiger partial charge in [-0.3, -0.25) is 9.89 Å². The van der Waals surface area contributed by atoms with Gasteiger partial charge in [0.25, 0.3) is 0 Å². The van der Waals surface area contributed by atoms with E-state index >= 15 is 0 Å². The number of rotatable bonds is 1. The lowest BCUT2D eigenvalue weighted by Crippen LogP contribution is -2.36. The third-order valence-corrected chi connectivity index (χ3v) is 2.70. The van der Waals surface area contributed by atoms with Crippen LogP contribution < -0.4 is 9.89 Å². The molecule has 2 heterocycles. The van der Waals surface area contributed by atoms with Crippen LogP contribution in [-0.2, 0) is 4.74 Å². The van der Waals surface area contributed by atoms with Gasteiger partial charge in [0.1, 0.15) is 11.3 Å². The van der Waals surface area contributed by atoms with E-state index in [1.165, 1.54) is 4.90 Å². The molecule has 0 saturated heterocycles. The van der Waals surface area contributed by atoms with E-state index in [1.54, 1.807) is 24.5 Å². The van der Waals surface area contributed by atoms with Crippen LogP contribution in [0.1, 0.15) is 6.92 Å². The van der Waals surface area contributed by atoms with Crippen molar-refractivity contribution in [2.75, 3.05) is 13.3 Å². The van der Waals surface area contributed by atoms with Gasteiger partial charge in [-0.2, -0.15) is 0 Å². The standard InChI is InChI=1S/C9H10N2O2S/c1-2-13-9(12)11-5-7-3-4-14-8(7)10-6-11/h3-5H,2,6H2,1H3. The van der Waals surface area contributed by atoms with Gasteiger partial charge < -0.3 is 4.74 Å². The summed E-state index contributed by atoms with van der Waals surface area (Å²) in [5.41, 5.74) is 0. The summed E-state index contributed by atoms with van der Waals surface area (Å²) in [6.45, 7) is 2.53. The van der Waals surface area contributed by atoms with E-state index < -0.39 is 0 Å². The van der Waals surface area contributed by atoms with E-state index in [1.807, 2.05) is 11.4 Å². The molecule has 0 N–H and O–H groups in total. The Balaban J connectivity index is 2.25. The van der Waals surface area contributed by atoms with Crippen molar-refractivity contribution in [2.24, 2.45) is 4.99 Å². The topological polar surface area (TPSA) is 41.9 Å². The molecule has 1 amide bonds. The van der Waals surface area contributed by atoms with Crippen molar-refractivity contribution >= 4 is 23.6 Å². The number of carbonyl (C=O) groups is 1. The van der Waals surface area contributed by atoms with Crippen LogP contribution in [0.3, 0.4) is 0 Å². The first-order valence-corrected chi connectivity index (χ1v) is 5.22. The largest absolute Gasteiger partial charge is 0.449 e. The first-order valence-electron chi connectivity index (χ1n) is 4.34. The fourth-order valence-corrected chi connectivity index (χ4v) is 1.94. The highest BCUT2D eigenvalue weighted by atomic mass is 32.1. The molecule has 0 atom stereocenters. The van der Waals surface area contributed by atoms with Gasteiger partial charge in [0.05, 0.1) is 6.61 Å².